The molecular weight excluding hydrogens is 365 g/mol. The molecule has 2 N–H and O–H groups in total. The summed E-state index contributed by atoms with van der Waals surface area (Å²) in [5, 5.41) is 6.53. The number of ether oxygens (including phenoxy) is 1. The van der Waals surface area contributed by atoms with Crippen molar-refractivity contribution in [2.24, 2.45) is 4.99 Å². The van der Waals surface area contributed by atoms with Crippen LogP contribution in [-0.2, 0) is 6.54 Å². The lowest BCUT2D eigenvalue weighted by Crippen LogP contribution is -2.37. The first kappa shape index (κ1) is 19.0. The molecule has 0 bridgehead atoms. The molecule has 5 heteroatoms. The van der Waals surface area contributed by atoms with Crippen LogP contribution < -0.4 is 15.4 Å². The van der Waals surface area contributed by atoms with Crippen LogP contribution in [0.3, 0.4) is 0 Å². The van der Waals surface area contributed by atoms with E-state index in [9.17, 15) is 0 Å². The predicted molar refractivity (Wildman–Crippen MR) is 96.3 cm³/mol. The maximum atomic E-state index is 5.28. The first-order chi connectivity index (χ1) is 9.19. The van der Waals surface area contributed by atoms with Gasteiger partial charge in [0.05, 0.1) is 13.7 Å². The SMILES string of the molecule is CCCNC(=NCc1cc(C)cc(OC)c1)NCC.I. The van der Waals surface area contributed by atoms with Crippen LogP contribution in [0, 0.1) is 6.92 Å². The Morgan fingerprint density at radius 3 is 2.55 bits per heavy atom. The fourth-order valence-corrected chi connectivity index (χ4v) is 1.79. The Kier molecular flexibility index (Phi) is 10.2. The summed E-state index contributed by atoms with van der Waals surface area (Å²) in [5.41, 5.74) is 2.35. The zero-order valence-corrected chi connectivity index (χ0v) is 15.2. The summed E-state index contributed by atoms with van der Waals surface area (Å²) < 4.78 is 5.28. The highest BCUT2D eigenvalue weighted by Gasteiger charge is 2.00. The number of hydrogen-bond acceptors (Lipinski definition) is 2. The van der Waals surface area contributed by atoms with Crippen LogP contribution in [0.2, 0.25) is 0 Å². The van der Waals surface area contributed by atoms with E-state index in [2.05, 4.69) is 42.5 Å². The molecular formula is C15H26IN3O. The standard InChI is InChI=1S/C15H25N3O.HI/c1-5-7-17-15(16-6-2)18-11-13-8-12(3)9-14(10-13)19-4;/h8-10H,5-7,11H2,1-4H3,(H2,16,17,18);1H. The number of rotatable bonds is 6. The van der Waals surface area contributed by atoms with Gasteiger partial charge in [-0.2, -0.15) is 0 Å². The van der Waals surface area contributed by atoms with E-state index in [-0.39, 0.29) is 24.0 Å². The summed E-state index contributed by atoms with van der Waals surface area (Å²) in [7, 11) is 1.69. The van der Waals surface area contributed by atoms with Crippen molar-refractivity contribution >= 4 is 29.9 Å². The van der Waals surface area contributed by atoms with Crippen molar-refractivity contribution in [3.63, 3.8) is 0 Å². The topological polar surface area (TPSA) is 45.7 Å². The third kappa shape index (κ3) is 6.98. The number of aryl methyl sites for hydroxylation is 1. The van der Waals surface area contributed by atoms with Crippen molar-refractivity contribution in [3.8, 4) is 5.75 Å². The summed E-state index contributed by atoms with van der Waals surface area (Å²) in [6.07, 6.45) is 1.09. The molecule has 0 spiro atoms. The lowest BCUT2D eigenvalue weighted by molar-refractivity contribution is 0.414. The smallest absolute Gasteiger partial charge is 0.191 e. The van der Waals surface area contributed by atoms with Gasteiger partial charge in [0.2, 0.25) is 0 Å². The van der Waals surface area contributed by atoms with E-state index in [0.717, 1.165) is 36.8 Å². The molecule has 1 aromatic rings. The summed E-state index contributed by atoms with van der Waals surface area (Å²) in [6.45, 7) is 8.73. The molecule has 0 fully saturated rings. The fraction of sp³-hybridized carbons (Fsp3) is 0.533. The third-order valence-corrected chi connectivity index (χ3v) is 2.65. The second kappa shape index (κ2) is 10.8. The number of aliphatic imine (C=N–C) groups is 1. The zero-order valence-electron chi connectivity index (χ0n) is 12.8. The van der Waals surface area contributed by atoms with E-state index in [4.69, 9.17) is 4.74 Å². The van der Waals surface area contributed by atoms with Gasteiger partial charge in [0, 0.05) is 13.1 Å². The molecule has 0 radical (unpaired) electrons. The molecule has 4 nitrogen and oxygen atoms in total. The van der Waals surface area contributed by atoms with Crippen LogP contribution in [0.15, 0.2) is 23.2 Å². The van der Waals surface area contributed by atoms with Crippen molar-refractivity contribution in [1.82, 2.24) is 10.6 Å². The normalized spacial score (nSPS) is 10.7. The molecule has 0 aliphatic rings. The Labute approximate surface area is 139 Å². The van der Waals surface area contributed by atoms with Crippen LogP contribution >= 0.6 is 24.0 Å². The van der Waals surface area contributed by atoms with Crippen LogP contribution in [0.25, 0.3) is 0 Å². The highest BCUT2D eigenvalue weighted by molar-refractivity contribution is 14.0. The molecule has 0 heterocycles. The Bertz CT molecular complexity index is 422. The number of hydrogen-bond donors (Lipinski definition) is 2. The summed E-state index contributed by atoms with van der Waals surface area (Å²) in [4.78, 5) is 4.58. The summed E-state index contributed by atoms with van der Waals surface area (Å²) in [6, 6.07) is 6.18. The molecule has 0 aliphatic carbocycles. The summed E-state index contributed by atoms with van der Waals surface area (Å²) in [5.74, 6) is 1.75. The van der Waals surface area contributed by atoms with E-state index >= 15 is 0 Å². The van der Waals surface area contributed by atoms with Crippen LogP contribution in [0.1, 0.15) is 31.4 Å². The van der Waals surface area contributed by atoms with Gasteiger partial charge in [0.1, 0.15) is 5.75 Å². The predicted octanol–water partition coefficient (Wildman–Crippen LogP) is 3.09. The Morgan fingerprint density at radius 1 is 1.20 bits per heavy atom. The third-order valence-electron chi connectivity index (χ3n) is 2.65. The number of methoxy groups -OCH3 is 1. The van der Waals surface area contributed by atoms with Gasteiger partial charge in [-0.1, -0.05) is 13.0 Å². The molecule has 0 aliphatic heterocycles. The van der Waals surface area contributed by atoms with Crippen molar-refractivity contribution in [2.45, 2.75) is 33.7 Å². The minimum atomic E-state index is 0. The van der Waals surface area contributed by atoms with E-state index in [1.807, 2.05) is 12.1 Å². The number of nitrogens with zero attached hydrogens (tertiary/aromatic N) is 1. The quantitative estimate of drug-likeness (QED) is 0.445. The second-order valence-electron chi connectivity index (χ2n) is 4.48. The zero-order chi connectivity index (χ0) is 14.1. The first-order valence-corrected chi connectivity index (χ1v) is 6.86. The molecule has 0 aromatic heterocycles. The molecule has 0 unspecified atom stereocenters. The molecule has 0 saturated heterocycles. The maximum Gasteiger partial charge on any atom is 0.191 e. The van der Waals surface area contributed by atoms with Crippen molar-refractivity contribution in [2.75, 3.05) is 20.2 Å². The van der Waals surface area contributed by atoms with Gasteiger partial charge in [-0.25, -0.2) is 4.99 Å². The molecule has 1 rings (SSSR count). The van der Waals surface area contributed by atoms with Gasteiger partial charge in [-0.15, -0.1) is 24.0 Å². The minimum absolute atomic E-state index is 0. The van der Waals surface area contributed by atoms with Crippen molar-refractivity contribution in [1.29, 1.82) is 0 Å². The second-order valence-corrected chi connectivity index (χ2v) is 4.48. The Hall–Kier alpha value is -0.980. The number of guanidine groups is 1. The number of nitrogens with one attached hydrogen (secondary N) is 2. The number of halogens is 1. The lowest BCUT2D eigenvalue weighted by Gasteiger charge is -2.10. The monoisotopic (exact) mass is 391 g/mol. The van der Waals surface area contributed by atoms with E-state index in [0.29, 0.717) is 6.54 Å². The molecule has 0 amide bonds. The molecule has 1 aromatic carbocycles. The lowest BCUT2D eigenvalue weighted by atomic mass is 10.1. The van der Waals surface area contributed by atoms with Gasteiger partial charge < -0.3 is 15.4 Å². The van der Waals surface area contributed by atoms with Gasteiger partial charge in [0.25, 0.3) is 0 Å². The van der Waals surface area contributed by atoms with Gasteiger partial charge in [0.15, 0.2) is 5.96 Å². The van der Waals surface area contributed by atoms with E-state index in [1.165, 1.54) is 5.56 Å². The highest BCUT2D eigenvalue weighted by atomic mass is 127. The van der Waals surface area contributed by atoms with E-state index < -0.39 is 0 Å². The van der Waals surface area contributed by atoms with Gasteiger partial charge >= 0.3 is 0 Å². The number of benzene rings is 1. The first-order valence-electron chi connectivity index (χ1n) is 6.86. The Morgan fingerprint density at radius 2 is 1.95 bits per heavy atom. The molecule has 20 heavy (non-hydrogen) atoms. The van der Waals surface area contributed by atoms with Crippen molar-refractivity contribution < 1.29 is 4.74 Å². The van der Waals surface area contributed by atoms with Crippen LogP contribution in [0.4, 0.5) is 0 Å². The molecule has 0 saturated carbocycles. The van der Waals surface area contributed by atoms with Gasteiger partial charge in [-0.3, -0.25) is 0 Å². The average molecular weight is 391 g/mol. The van der Waals surface area contributed by atoms with Crippen molar-refractivity contribution in [3.05, 3.63) is 29.3 Å². The highest BCUT2D eigenvalue weighted by Crippen LogP contribution is 2.16. The average Bonchev–Trinajstić information content (AvgIpc) is 2.41. The van der Waals surface area contributed by atoms with Crippen LogP contribution in [0.5, 0.6) is 5.75 Å². The van der Waals surface area contributed by atoms with E-state index in [1.54, 1.807) is 7.11 Å². The van der Waals surface area contributed by atoms with Gasteiger partial charge in [-0.05, 0) is 43.5 Å². The Balaban J connectivity index is 0.00000361. The fourth-order valence-electron chi connectivity index (χ4n) is 1.79. The van der Waals surface area contributed by atoms with Crippen LogP contribution in [-0.4, -0.2) is 26.2 Å². The maximum absolute atomic E-state index is 5.28. The minimum Gasteiger partial charge on any atom is -0.497 e. The summed E-state index contributed by atoms with van der Waals surface area (Å²) >= 11 is 0. The largest absolute Gasteiger partial charge is 0.497 e. The molecule has 0 atom stereocenters. The molecule has 114 valence electrons.